The second kappa shape index (κ2) is 4.13. The minimum atomic E-state index is -0.815. The highest BCUT2D eigenvalue weighted by atomic mass is 19.1. The van der Waals surface area contributed by atoms with Crippen LogP contribution >= 0.6 is 0 Å². The van der Waals surface area contributed by atoms with Gasteiger partial charge in [0, 0.05) is 0 Å². The number of aliphatic carboxylic acids is 1. The van der Waals surface area contributed by atoms with E-state index < -0.39 is 5.97 Å². The number of benzene rings is 1. The third kappa shape index (κ3) is 2.19. The van der Waals surface area contributed by atoms with Crippen LogP contribution in [0.5, 0.6) is 0 Å². The molecule has 0 amide bonds. The van der Waals surface area contributed by atoms with Gasteiger partial charge in [0.2, 0.25) is 0 Å². The second-order valence-corrected chi connectivity index (χ2v) is 5.42. The van der Waals surface area contributed by atoms with Crippen LogP contribution in [0.15, 0.2) is 18.2 Å². The van der Waals surface area contributed by atoms with Gasteiger partial charge in [-0.2, -0.15) is 0 Å². The van der Waals surface area contributed by atoms with Crippen LogP contribution in [0, 0.1) is 5.82 Å². The fraction of sp³-hybridized carbons (Fsp3) is 0.500. The van der Waals surface area contributed by atoms with E-state index in [0.29, 0.717) is 5.56 Å². The van der Waals surface area contributed by atoms with Crippen LogP contribution in [0.3, 0.4) is 0 Å². The molecule has 3 heteroatoms. The van der Waals surface area contributed by atoms with Crippen molar-refractivity contribution in [2.24, 2.45) is 0 Å². The Kier molecular flexibility index (Phi) is 2.94. The zero-order valence-electron chi connectivity index (χ0n) is 10.2. The summed E-state index contributed by atoms with van der Waals surface area (Å²) in [4.78, 5) is 10.8. The van der Waals surface area contributed by atoms with Crippen LogP contribution in [0.1, 0.15) is 50.2 Å². The van der Waals surface area contributed by atoms with Gasteiger partial charge in [0.25, 0.3) is 0 Å². The number of carboxylic acids is 1. The Morgan fingerprint density at radius 2 is 2.24 bits per heavy atom. The molecule has 1 N–H and O–H groups in total. The van der Waals surface area contributed by atoms with E-state index in [-0.39, 0.29) is 23.6 Å². The van der Waals surface area contributed by atoms with Gasteiger partial charge in [0.15, 0.2) is 0 Å². The number of halogens is 1. The monoisotopic (exact) mass is 236 g/mol. The van der Waals surface area contributed by atoms with Crippen molar-refractivity contribution in [3.8, 4) is 0 Å². The molecule has 1 aliphatic carbocycles. The summed E-state index contributed by atoms with van der Waals surface area (Å²) < 4.78 is 13.9. The molecule has 1 aromatic rings. The van der Waals surface area contributed by atoms with Crippen LogP contribution in [-0.4, -0.2) is 11.1 Å². The van der Waals surface area contributed by atoms with E-state index in [9.17, 15) is 9.18 Å². The van der Waals surface area contributed by atoms with Gasteiger partial charge in [-0.3, -0.25) is 4.79 Å². The molecule has 0 radical (unpaired) electrons. The molecule has 0 heterocycles. The van der Waals surface area contributed by atoms with E-state index in [1.807, 2.05) is 19.9 Å². The maximum absolute atomic E-state index is 13.9. The highest BCUT2D eigenvalue weighted by Gasteiger charge is 2.35. The first kappa shape index (κ1) is 12.1. The first-order valence-corrected chi connectivity index (χ1v) is 5.92. The molecule has 0 saturated carbocycles. The zero-order valence-corrected chi connectivity index (χ0v) is 10.2. The van der Waals surface area contributed by atoms with Crippen LogP contribution in [-0.2, 0) is 10.2 Å². The van der Waals surface area contributed by atoms with Gasteiger partial charge in [-0.15, -0.1) is 0 Å². The first-order valence-electron chi connectivity index (χ1n) is 5.92. The summed E-state index contributed by atoms with van der Waals surface area (Å²) in [6.45, 7) is 4.04. The van der Waals surface area contributed by atoms with E-state index in [1.54, 1.807) is 6.07 Å². The van der Waals surface area contributed by atoms with Crippen molar-refractivity contribution in [2.45, 2.75) is 44.4 Å². The molecule has 0 fully saturated rings. The molecule has 0 spiro atoms. The molecule has 0 aliphatic heterocycles. The van der Waals surface area contributed by atoms with Crippen molar-refractivity contribution in [3.63, 3.8) is 0 Å². The SMILES string of the molecule is CC1(C)CCC(CC(=O)O)c2cccc(F)c21. The minimum Gasteiger partial charge on any atom is -0.481 e. The van der Waals surface area contributed by atoms with Gasteiger partial charge >= 0.3 is 5.97 Å². The number of hydrogen-bond acceptors (Lipinski definition) is 1. The fourth-order valence-electron chi connectivity index (χ4n) is 2.83. The molecule has 0 saturated heterocycles. The Hall–Kier alpha value is -1.38. The molecule has 1 atom stereocenters. The second-order valence-electron chi connectivity index (χ2n) is 5.42. The fourth-order valence-corrected chi connectivity index (χ4v) is 2.83. The van der Waals surface area contributed by atoms with Crippen molar-refractivity contribution < 1.29 is 14.3 Å². The lowest BCUT2D eigenvalue weighted by atomic mass is 9.68. The van der Waals surface area contributed by atoms with Gasteiger partial charge < -0.3 is 5.11 Å². The summed E-state index contributed by atoms with van der Waals surface area (Å²) in [5.41, 5.74) is 1.39. The Labute approximate surface area is 100 Å². The average molecular weight is 236 g/mol. The normalized spacial score (nSPS) is 21.9. The molecule has 1 aromatic carbocycles. The van der Waals surface area contributed by atoms with Crippen molar-refractivity contribution in [3.05, 3.63) is 35.1 Å². The third-order valence-electron chi connectivity index (χ3n) is 3.70. The van der Waals surface area contributed by atoms with Gasteiger partial charge in [-0.25, -0.2) is 4.39 Å². The maximum Gasteiger partial charge on any atom is 0.303 e. The molecule has 1 unspecified atom stereocenters. The van der Waals surface area contributed by atoms with E-state index in [0.717, 1.165) is 18.4 Å². The standard InChI is InChI=1S/C14H17FO2/c1-14(2)7-6-9(8-12(16)17)10-4-3-5-11(15)13(10)14/h3-5,9H,6-8H2,1-2H3,(H,16,17). The predicted molar refractivity (Wildman–Crippen MR) is 63.7 cm³/mol. The Morgan fingerprint density at radius 1 is 1.53 bits per heavy atom. The summed E-state index contributed by atoms with van der Waals surface area (Å²) in [6.07, 6.45) is 1.74. The van der Waals surface area contributed by atoms with E-state index in [1.165, 1.54) is 6.07 Å². The van der Waals surface area contributed by atoms with E-state index in [4.69, 9.17) is 5.11 Å². The van der Waals surface area contributed by atoms with Gasteiger partial charge in [0.05, 0.1) is 6.42 Å². The summed E-state index contributed by atoms with van der Waals surface area (Å²) in [7, 11) is 0. The zero-order chi connectivity index (χ0) is 12.6. The van der Waals surface area contributed by atoms with E-state index in [2.05, 4.69) is 0 Å². The highest BCUT2D eigenvalue weighted by molar-refractivity contribution is 5.68. The Morgan fingerprint density at radius 3 is 2.88 bits per heavy atom. The summed E-state index contributed by atoms with van der Waals surface area (Å²) in [6, 6.07) is 5.00. The molecule has 92 valence electrons. The summed E-state index contributed by atoms with van der Waals surface area (Å²) in [5, 5.41) is 8.90. The molecule has 17 heavy (non-hydrogen) atoms. The van der Waals surface area contributed by atoms with Gasteiger partial charge in [0.1, 0.15) is 5.82 Å². The van der Waals surface area contributed by atoms with Crippen molar-refractivity contribution in [2.75, 3.05) is 0 Å². The lowest BCUT2D eigenvalue weighted by Gasteiger charge is -2.36. The number of carboxylic acid groups (broad SMARTS) is 1. The number of hydrogen-bond donors (Lipinski definition) is 1. The highest BCUT2D eigenvalue weighted by Crippen LogP contribution is 2.44. The Balaban J connectivity index is 2.48. The lowest BCUT2D eigenvalue weighted by molar-refractivity contribution is -0.137. The largest absolute Gasteiger partial charge is 0.481 e. The molecule has 1 aliphatic rings. The topological polar surface area (TPSA) is 37.3 Å². The van der Waals surface area contributed by atoms with Crippen LogP contribution in [0.2, 0.25) is 0 Å². The van der Waals surface area contributed by atoms with Crippen molar-refractivity contribution >= 4 is 5.97 Å². The number of carbonyl (C=O) groups is 1. The molecular weight excluding hydrogens is 219 g/mol. The maximum atomic E-state index is 13.9. The Bertz CT molecular complexity index is 452. The van der Waals surface area contributed by atoms with Crippen LogP contribution in [0.25, 0.3) is 0 Å². The van der Waals surface area contributed by atoms with Crippen LogP contribution < -0.4 is 0 Å². The van der Waals surface area contributed by atoms with Gasteiger partial charge in [-0.05, 0) is 41.4 Å². The summed E-state index contributed by atoms with van der Waals surface area (Å²) >= 11 is 0. The molecule has 2 rings (SSSR count). The number of fused-ring (bicyclic) bond motifs is 1. The third-order valence-corrected chi connectivity index (χ3v) is 3.70. The molecule has 2 nitrogen and oxygen atoms in total. The van der Waals surface area contributed by atoms with Crippen LogP contribution in [0.4, 0.5) is 4.39 Å². The quantitative estimate of drug-likeness (QED) is 0.853. The summed E-state index contributed by atoms with van der Waals surface area (Å²) in [5.74, 6) is -1.07. The molecule has 0 aromatic heterocycles. The molecule has 0 bridgehead atoms. The predicted octanol–water partition coefficient (Wildman–Crippen LogP) is 3.46. The minimum absolute atomic E-state index is 0.0498. The molecular formula is C14H17FO2. The average Bonchev–Trinajstić information content (AvgIpc) is 2.21. The van der Waals surface area contributed by atoms with E-state index >= 15 is 0 Å². The van der Waals surface area contributed by atoms with Gasteiger partial charge in [-0.1, -0.05) is 26.0 Å². The lowest BCUT2D eigenvalue weighted by Crippen LogP contribution is -2.28. The smallest absolute Gasteiger partial charge is 0.303 e. The number of rotatable bonds is 2. The van der Waals surface area contributed by atoms with Crippen molar-refractivity contribution in [1.82, 2.24) is 0 Å². The first-order chi connectivity index (χ1) is 7.92. The van der Waals surface area contributed by atoms with Crippen molar-refractivity contribution in [1.29, 1.82) is 0 Å².